The zero-order valence-electron chi connectivity index (χ0n) is 18.1. The van der Waals surface area contributed by atoms with E-state index in [0.717, 1.165) is 0 Å². The largest absolute Gasteiger partial charge is 0.452 e. The molecule has 30 heavy (non-hydrogen) atoms. The highest BCUT2D eigenvalue weighted by Crippen LogP contribution is 2.28. The first-order valence-electron chi connectivity index (χ1n) is 9.81. The molecule has 2 amide bonds. The van der Waals surface area contributed by atoms with E-state index in [2.05, 4.69) is 20.6 Å². The lowest BCUT2D eigenvalue weighted by atomic mass is 9.82. The van der Waals surface area contributed by atoms with Crippen molar-refractivity contribution in [3.63, 3.8) is 0 Å². The van der Waals surface area contributed by atoms with E-state index in [9.17, 15) is 14.4 Å². The van der Waals surface area contributed by atoms with Crippen molar-refractivity contribution in [2.45, 2.75) is 58.1 Å². The molecular formula is C20H30N4O6. The first-order chi connectivity index (χ1) is 14.1. The second kappa shape index (κ2) is 10.1. The standard InChI is InChI=1S/C20H30N4O6/c1-20(2,3)30-17(25)21-14-10-8-13(9-11-14)16(22-23-18(26)28-4)15-7-6-12-24(15)19(27)29-5/h6-7,12-14H,8-11H2,1-5H3,(H,21,25)(H,23,26)/b22-16+. The number of methoxy groups -OCH3 is 2. The third-order valence-electron chi connectivity index (χ3n) is 4.67. The number of carbonyl (C=O) groups is 3. The summed E-state index contributed by atoms with van der Waals surface area (Å²) >= 11 is 0. The lowest BCUT2D eigenvalue weighted by Crippen LogP contribution is -2.42. The fourth-order valence-electron chi connectivity index (χ4n) is 3.34. The fraction of sp³-hybridized carbons (Fsp3) is 0.600. The van der Waals surface area contributed by atoms with E-state index in [1.807, 2.05) is 20.8 Å². The molecule has 1 fully saturated rings. The lowest BCUT2D eigenvalue weighted by Gasteiger charge is -2.30. The molecule has 0 bridgehead atoms. The average molecular weight is 422 g/mol. The summed E-state index contributed by atoms with van der Waals surface area (Å²) in [6.07, 6.45) is 2.70. The third kappa shape index (κ3) is 6.50. The van der Waals surface area contributed by atoms with Crippen LogP contribution in [0.15, 0.2) is 23.4 Å². The third-order valence-corrected chi connectivity index (χ3v) is 4.67. The molecule has 1 aromatic rings. The molecule has 0 aromatic carbocycles. The van der Waals surface area contributed by atoms with Crippen LogP contribution < -0.4 is 10.7 Å². The van der Waals surface area contributed by atoms with Crippen LogP contribution in [-0.4, -0.2) is 54.4 Å². The Morgan fingerprint density at radius 1 is 1.07 bits per heavy atom. The summed E-state index contributed by atoms with van der Waals surface area (Å²) in [7, 11) is 2.54. The molecule has 0 spiro atoms. The number of ether oxygens (including phenoxy) is 3. The summed E-state index contributed by atoms with van der Waals surface area (Å²) in [5.74, 6) is -0.0304. The van der Waals surface area contributed by atoms with Crippen molar-refractivity contribution >= 4 is 24.0 Å². The zero-order valence-corrected chi connectivity index (χ0v) is 18.1. The molecule has 0 saturated heterocycles. The predicted molar refractivity (Wildman–Crippen MR) is 109 cm³/mol. The average Bonchev–Trinajstić information content (AvgIpc) is 3.16. The van der Waals surface area contributed by atoms with Gasteiger partial charge < -0.3 is 19.5 Å². The van der Waals surface area contributed by atoms with Crippen LogP contribution in [-0.2, 0) is 14.2 Å². The number of hydrogen-bond donors (Lipinski definition) is 2. The molecule has 0 atom stereocenters. The number of aromatic nitrogens is 1. The minimum atomic E-state index is -0.705. The number of alkyl carbamates (subject to hydrolysis) is 1. The SMILES string of the molecule is COC(=O)N/N=C(/c1cccn1C(=O)OC)C1CCC(NC(=O)OC(C)(C)C)CC1. The molecule has 1 aliphatic carbocycles. The maximum absolute atomic E-state index is 12.1. The molecule has 1 heterocycles. The number of hydrogen-bond acceptors (Lipinski definition) is 7. The van der Waals surface area contributed by atoms with Gasteiger partial charge >= 0.3 is 18.3 Å². The highest BCUT2D eigenvalue weighted by Gasteiger charge is 2.30. The Labute approximate surface area is 175 Å². The van der Waals surface area contributed by atoms with Gasteiger partial charge in [0.25, 0.3) is 0 Å². The van der Waals surface area contributed by atoms with Crippen LogP contribution in [0.1, 0.15) is 52.1 Å². The molecular weight excluding hydrogens is 392 g/mol. The fourth-order valence-corrected chi connectivity index (χ4v) is 3.34. The van der Waals surface area contributed by atoms with E-state index < -0.39 is 23.9 Å². The van der Waals surface area contributed by atoms with Gasteiger partial charge in [0.2, 0.25) is 0 Å². The predicted octanol–water partition coefficient (Wildman–Crippen LogP) is 3.25. The molecule has 1 aliphatic rings. The van der Waals surface area contributed by atoms with Crippen LogP contribution in [0.4, 0.5) is 14.4 Å². The molecule has 2 rings (SSSR count). The number of nitrogens with one attached hydrogen (secondary N) is 2. The summed E-state index contributed by atoms with van der Waals surface area (Å²) in [6.45, 7) is 5.45. The van der Waals surface area contributed by atoms with Crippen LogP contribution >= 0.6 is 0 Å². The summed E-state index contributed by atoms with van der Waals surface area (Å²) in [6, 6.07) is 3.42. The lowest BCUT2D eigenvalue weighted by molar-refractivity contribution is 0.0490. The molecule has 0 aliphatic heterocycles. The second-order valence-electron chi connectivity index (χ2n) is 8.03. The Balaban J connectivity index is 2.12. The minimum absolute atomic E-state index is 0.0155. The summed E-state index contributed by atoms with van der Waals surface area (Å²) < 4.78 is 16.1. The Morgan fingerprint density at radius 2 is 1.73 bits per heavy atom. The second-order valence-corrected chi connectivity index (χ2v) is 8.03. The first-order valence-corrected chi connectivity index (χ1v) is 9.81. The Morgan fingerprint density at radius 3 is 2.30 bits per heavy atom. The van der Waals surface area contributed by atoms with E-state index in [1.54, 1.807) is 18.3 Å². The molecule has 1 saturated carbocycles. The van der Waals surface area contributed by atoms with E-state index in [0.29, 0.717) is 37.1 Å². The van der Waals surface area contributed by atoms with Gasteiger partial charge in [0, 0.05) is 18.2 Å². The molecule has 1 aromatic heterocycles. The smallest absolute Gasteiger partial charge is 0.427 e. The number of hydrazone groups is 1. The summed E-state index contributed by atoms with van der Waals surface area (Å²) in [5, 5.41) is 7.12. The number of nitrogens with zero attached hydrogens (tertiary/aromatic N) is 2. The zero-order chi connectivity index (χ0) is 22.3. The van der Waals surface area contributed by atoms with Crippen LogP contribution in [0, 0.1) is 5.92 Å². The number of amides is 2. The van der Waals surface area contributed by atoms with E-state index >= 15 is 0 Å². The Hall–Kier alpha value is -3.04. The highest BCUT2D eigenvalue weighted by atomic mass is 16.6. The molecule has 10 nitrogen and oxygen atoms in total. The van der Waals surface area contributed by atoms with Crippen molar-refractivity contribution in [1.82, 2.24) is 15.3 Å². The van der Waals surface area contributed by atoms with Gasteiger partial charge in [-0.3, -0.25) is 4.57 Å². The van der Waals surface area contributed by atoms with Crippen molar-refractivity contribution in [3.8, 4) is 0 Å². The molecule has 10 heteroatoms. The van der Waals surface area contributed by atoms with Crippen LogP contribution in [0.3, 0.4) is 0 Å². The van der Waals surface area contributed by atoms with Gasteiger partial charge in [-0.2, -0.15) is 5.10 Å². The van der Waals surface area contributed by atoms with Crippen molar-refractivity contribution in [3.05, 3.63) is 24.0 Å². The van der Waals surface area contributed by atoms with Crippen molar-refractivity contribution in [1.29, 1.82) is 0 Å². The van der Waals surface area contributed by atoms with Crippen LogP contribution in [0.2, 0.25) is 0 Å². The quantitative estimate of drug-likeness (QED) is 0.437. The maximum atomic E-state index is 12.1. The van der Waals surface area contributed by atoms with Gasteiger partial charge in [0.1, 0.15) is 5.60 Å². The van der Waals surface area contributed by atoms with Gasteiger partial charge in [-0.15, -0.1) is 0 Å². The number of rotatable bonds is 4. The first kappa shape index (κ1) is 23.2. The van der Waals surface area contributed by atoms with Crippen molar-refractivity contribution < 1.29 is 28.6 Å². The van der Waals surface area contributed by atoms with Gasteiger partial charge in [-0.25, -0.2) is 19.8 Å². The van der Waals surface area contributed by atoms with E-state index in [4.69, 9.17) is 9.47 Å². The van der Waals surface area contributed by atoms with E-state index in [1.165, 1.54) is 18.8 Å². The van der Waals surface area contributed by atoms with Crippen LogP contribution in [0.5, 0.6) is 0 Å². The van der Waals surface area contributed by atoms with Crippen molar-refractivity contribution in [2.24, 2.45) is 11.0 Å². The summed E-state index contributed by atoms with van der Waals surface area (Å²) in [4.78, 5) is 35.6. The summed E-state index contributed by atoms with van der Waals surface area (Å²) in [5.41, 5.74) is 2.86. The van der Waals surface area contributed by atoms with Gasteiger partial charge in [-0.05, 0) is 58.6 Å². The molecule has 0 radical (unpaired) electrons. The minimum Gasteiger partial charge on any atom is -0.452 e. The van der Waals surface area contributed by atoms with E-state index in [-0.39, 0.29) is 12.0 Å². The van der Waals surface area contributed by atoms with Crippen molar-refractivity contribution in [2.75, 3.05) is 14.2 Å². The molecule has 0 unspecified atom stereocenters. The van der Waals surface area contributed by atoms with Crippen LogP contribution in [0.25, 0.3) is 0 Å². The maximum Gasteiger partial charge on any atom is 0.427 e. The Kier molecular flexibility index (Phi) is 7.85. The van der Waals surface area contributed by atoms with Gasteiger partial charge in [-0.1, -0.05) is 0 Å². The number of carbonyl (C=O) groups excluding carboxylic acids is 3. The Bertz CT molecular complexity index is 787. The topological polar surface area (TPSA) is 120 Å². The molecule has 2 N–H and O–H groups in total. The normalized spacial score (nSPS) is 19.6. The van der Waals surface area contributed by atoms with Gasteiger partial charge in [0.05, 0.1) is 25.6 Å². The monoisotopic (exact) mass is 422 g/mol. The van der Waals surface area contributed by atoms with Gasteiger partial charge in [0.15, 0.2) is 0 Å². The molecule has 166 valence electrons. The highest BCUT2D eigenvalue weighted by molar-refractivity contribution is 6.03.